The molecule has 144 valence electrons. The Morgan fingerprint density at radius 3 is 2.79 bits per heavy atom. The van der Waals surface area contributed by atoms with Crippen LogP contribution in [-0.4, -0.2) is 25.8 Å². The van der Waals surface area contributed by atoms with Gasteiger partial charge in [-0.1, -0.05) is 24.6 Å². The number of hydrogen-bond donors (Lipinski definition) is 2. The fourth-order valence-corrected chi connectivity index (χ4v) is 3.01. The second-order valence-corrected chi connectivity index (χ2v) is 6.84. The van der Waals surface area contributed by atoms with Gasteiger partial charge in [0.25, 0.3) is 5.91 Å². The van der Waals surface area contributed by atoms with Crippen LogP contribution in [0.5, 0.6) is 0 Å². The Morgan fingerprint density at radius 2 is 2.18 bits per heavy atom. The largest absolute Gasteiger partial charge is 0.442 e. The van der Waals surface area contributed by atoms with Crippen molar-refractivity contribution in [2.75, 3.05) is 0 Å². The molecular weight excluding hydrogens is 382 g/mol. The Bertz CT molecular complexity index is 1060. The zero-order valence-corrected chi connectivity index (χ0v) is 16.0. The third-order valence-electron chi connectivity index (χ3n) is 4.20. The molecule has 0 aliphatic rings. The third kappa shape index (κ3) is 3.91. The van der Waals surface area contributed by atoms with Crippen molar-refractivity contribution in [2.24, 2.45) is 5.73 Å². The molecule has 3 aromatic rings. The van der Waals surface area contributed by atoms with E-state index >= 15 is 0 Å². The minimum Gasteiger partial charge on any atom is -0.442 e. The molecule has 0 radical (unpaired) electrons. The highest BCUT2D eigenvalue weighted by atomic mass is 35.5. The minimum atomic E-state index is -0.948. The number of aliphatic hydroxyl groups excluding tert-OH is 1. The van der Waals surface area contributed by atoms with Gasteiger partial charge in [0.2, 0.25) is 5.89 Å². The lowest BCUT2D eigenvalue weighted by Crippen LogP contribution is -2.16. The van der Waals surface area contributed by atoms with Crippen LogP contribution in [0.1, 0.15) is 53.6 Å². The standard InChI is InChI=1S/C19H18ClN5O3/c1-10(17-16(18(22)27)23-19(28-17)11(2)26)9-25-6-5-15(24-25)12-3-4-13(8-21)14(20)7-12/h3-7,10-11,26H,9H2,1-2H3,(H2,22,27)/t10-,11?/m0/s1. The van der Waals surface area contributed by atoms with Crippen LogP contribution in [0.15, 0.2) is 34.9 Å². The fraction of sp³-hybridized carbons (Fsp3) is 0.263. The van der Waals surface area contributed by atoms with Crippen molar-refractivity contribution in [1.29, 1.82) is 5.26 Å². The fourth-order valence-electron chi connectivity index (χ4n) is 2.78. The topological polar surface area (TPSA) is 131 Å². The van der Waals surface area contributed by atoms with E-state index in [2.05, 4.69) is 10.1 Å². The number of carbonyl (C=O) groups is 1. The molecule has 0 aliphatic heterocycles. The van der Waals surface area contributed by atoms with Crippen molar-refractivity contribution in [3.63, 3.8) is 0 Å². The third-order valence-corrected chi connectivity index (χ3v) is 4.51. The monoisotopic (exact) mass is 399 g/mol. The average molecular weight is 400 g/mol. The number of nitrogens with two attached hydrogens (primary N) is 1. The number of rotatable bonds is 6. The maximum atomic E-state index is 11.6. The number of benzene rings is 1. The van der Waals surface area contributed by atoms with E-state index in [9.17, 15) is 9.90 Å². The van der Waals surface area contributed by atoms with E-state index < -0.39 is 12.0 Å². The molecule has 1 amide bonds. The quantitative estimate of drug-likeness (QED) is 0.654. The van der Waals surface area contributed by atoms with Crippen molar-refractivity contribution in [3.05, 3.63) is 58.4 Å². The van der Waals surface area contributed by atoms with Gasteiger partial charge in [-0.25, -0.2) is 4.98 Å². The smallest absolute Gasteiger partial charge is 0.270 e. The maximum Gasteiger partial charge on any atom is 0.270 e. The summed E-state index contributed by atoms with van der Waals surface area (Å²) in [6, 6.07) is 8.94. The van der Waals surface area contributed by atoms with E-state index in [1.807, 2.05) is 19.1 Å². The summed E-state index contributed by atoms with van der Waals surface area (Å²) in [6.07, 6.45) is 0.838. The van der Waals surface area contributed by atoms with Crippen LogP contribution in [0.25, 0.3) is 11.3 Å². The first-order valence-electron chi connectivity index (χ1n) is 8.52. The summed E-state index contributed by atoms with van der Waals surface area (Å²) in [5.41, 5.74) is 7.26. The van der Waals surface area contributed by atoms with Crippen LogP contribution >= 0.6 is 11.6 Å². The number of hydrogen-bond acceptors (Lipinski definition) is 6. The summed E-state index contributed by atoms with van der Waals surface area (Å²) in [4.78, 5) is 15.6. The number of carbonyl (C=O) groups excluding carboxylic acids is 1. The maximum absolute atomic E-state index is 11.6. The van der Waals surface area contributed by atoms with E-state index in [4.69, 9.17) is 27.0 Å². The highest BCUT2D eigenvalue weighted by Crippen LogP contribution is 2.27. The van der Waals surface area contributed by atoms with Gasteiger partial charge in [-0.15, -0.1) is 0 Å². The SMILES string of the molecule is CC(O)c1nc(C(N)=O)c([C@@H](C)Cn2ccc(-c3ccc(C#N)c(Cl)c3)n2)o1. The molecule has 3 N–H and O–H groups in total. The van der Waals surface area contributed by atoms with Gasteiger partial charge in [0.15, 0.2) is 5.69 Å². The number of aliphatic hydroxyl groups is 1. The van der Waals surface area contributed by atoms with Gasteiger partial charge in [-0.2, -0.15) is 10.4 Å². The summed E-state index contributed by atoms with van der Waals surface area (Å²) < 4.78 is 7.25. The number of nitriles is 1. The molecule has 0 saturated heterocycles. The normalized spacial score (nSPS) is 13.1. The number of halogens is 1. The van der Waals surface area contributed by atoms with E-state index in [1.165, 1.54) is 6.92 Å². The van der Waals surface area contributed by atoms with E-state index in [-0.39, 0.29) is 17.5 Å². The van der Waals surface area contributed by atoms with Crippen LogP contribution in [-0.2, 0) is 6.54 Å². The van der Waals surface area contributed by atoms with E-state index in [1.54, 1.807) is 29.1 Å². The molecule has 28 heavy (non-hydrogen) atoms. The molecule has 9 heteroatoms. The van der Waals surface area contributed by atoms with Crippen LogP contribution in [0.4, 0.5) is 0 Å². The van der Waals surface area contributed by atoms with Gasteiger partial charge in [0, 0.05) is 17.7 Å². The predicted octanol–water partition coefficient (Wildman–Crippen LogP) is 3.02. The van der Waals surface area contributed by atoms with Crippen LogP contribution in [0, 0.1) is 11.3 Å². The summed E-state index contributed by atoms with van der Waals surface area (Å²) in [7, 11) is 0. The van der Waals surface area contributed by atoms with Crippen molar-refractivity contribution < 1.29 is 14.3 Å². The number of nitrogens with zero attached hydrogens (tertiary/aromatic N) is 4. The van der Waals surface area contributed by atoms with E-state index in [0.29, 0.717) is 28.6 Å². The van der Waals surface area contributed by atoms with Crippen LogP contribution in [0.3, 0.4) is 0 Å². The van der Waals surface area contributed by atoms with Gasteiger partial charge in [-0.3, -0.25) is 9.48 Å². The van der Waals surface area contributed by atoms with Crippen molar-refractivity contribution in [3.8, 4) is 17.3 Å². The summed E-state index contributed by atoms with van der Waals surface area (Å²) in [5, 5.41) is 23.5. The molecule has 0 bridgehead atoms. The van der Waals surface area contributed by atoms with Gasteiger partial charge < -0.3 is 15.3 Å². The zero-order valence-electron chi connectivity index (χ0n) is 15.3. The second-order valence-electron chi connectivity index (χ2n) is 6.44. The molecule has 2 heterocycles. The molecule has 0 fully saturated rings. The molecule has 8 nitrogen and oxygen atoms in total. The van der Waals surface area contributed by atoms with Crippen molar-refractivity contribution >= 4 is 17.5 Å². The molecule has 0 aliphatic carbocycles. The van der Waals surface area contributed by atoms with Crippen LogP contribution in [0.2, 0.25) is 5.02 Å². The van der Waals surface area contributed by atoms with Crippen molar-refractivity contribution in [1.82, 2.24) is 14.8 Å². The molecule has 2 atom stereocenters. The average Bonchev–Trinajstić information content (AvgIpc) is 3.29. The first kappa shape index (κ1) is 19.6. The summed E-state index contributed by atoms with van der Waals surface area (Å²) in [6.45, 7) is 3.74. The first-order valence-corrected chi connectivity index (χ1v) is 8.90. The second kappa shape index (κ2) is 7.84. The summed E-state index contributed by atoms with van der Waals surface area (Å²) >= 11 is 6.08. The summed E-state index contributed by atoms with van der Waals surface area (Å²) in [5.74, 6) is -0.628. The van der Waals surface area contributed by atoms with Gasteiger partial charge >= 0.3 is 0 Å². The first-order chi connectivity index (χ1) is 13.3. The Morgan fingerprint density at radius 1 is 1.43 bits per heavy atom. The van der Waals surface area contributed by atoms with Crippen molar-refractivity contribution in [2.45, 2.75) is 32.4 Å². The lowest BCUT2D eigenvalue weighted by molar-refractivity contribution is 0.0993. The highest BCUT2D eigenvalue weighted by Gasteiger charge is 2.25. The Kier molecular flexibility index (Phi) is 5.49. The lowest BCUT2D eigenvalue weighted by atomic mass is 10.1. The highest BCUT2D eigenvalue weighted by molar-refractivity contribution is 6.32. The number of aromatic nitrogens is 3. The Hall–Kier alpha value is -3.15. The molecule has 1 unspecified atom stereocenters. The lowest BCUT2D eigenvalue weighted by Gasteiger charge is -2.09. The molecule has 0 spiro atoms. The molecule has 2 aromatic heterocycles. The van der Waals surface area contributed by atoms with E-state index in [0.717, 1.165) is 5.56 Å². The number of oxazole rings is 1. The van der Waals surface area contributed by atoms with Gasteiger partial charge in [-0.05, 0) is 25.1 Å². The predicted molar refractivity (Wildman–Crippen MR) is 101 cm³/mol. The zero-order chi connectivity index (χ0) is 20.4. The minimum absolute atomic E-state index is 0.00894. The molecule has 1 aromatic carbocycles. The van der Waals surface area contributed by atoms with Crippen LogP contribution < -0.4 is 5.73 Å². The van der Waals surface area contributed by atoms with Gasteiger partial charge in [0.1, 0.15) is 17.9 Å². The molecule has 3 rings (SSSR count). The number of primary amides is 1. The Labute approximate surface area is 166 Å². The number of amides is 1. The molecule has 0 saturated carbocycles. The Balaban J connectivity index is 1.83. The van der Waals surface area contributed by atoms with Gasteiger partial charge in [0.05, 0.1) is 22.8 Å². The molecular formula is C19H18ClN5O3.